The zero-order valence-corrected chi connectivity index (χ0v) is 15.9. The van der Waals surface area contributed by atoms with Gasteiger partial charge in [0.25, 0.3) is 5.91 Å². The summed E-state index contributed by atoms with van der Waals surface area (Å²) in [6, 6.07) is 11.5. The van der Waals surface area contributed by atoms with Gasteiger partial charge in [0.05, 0.1) is 31.0 Å². The van der Waals surface area contributed by atoms with Crippen LogP contribution in [0.3, 0.4) is 0 Å². The van der Waals surface area contributed by atoms with Gasteiger partial charge in [0.15, 0.2) is 0 Å². The first kappa shape index (κ1) is 19.4. The third kappa shape index (κ3) is 3.98. The maximum atomic E-state index is 12.7. The molecule has 0 unspecified atom stereocenters. The Balaban J connectivity index is 1.89. The van der Waals surface area contributed by atoms with Crippen LogP contribution in [0.4, 0.5) is 11.4 Å². The molecule has 1 fully saturated rings. The van der Waals surface area contributed by atoms with E-state index in [9.17, 15) is 14.4 Å². The molecule has 3 rings (SSSR count). The number of rotatable bonds is 5. The highest BCUT2D eigenvalue weighted by Crippen LogP contribution is 2.33. The number of methoxy groups -OCH3 is 2. The number of piperidine rings is 1. The van der Waals surface area contributed by atoms with E-state index in [4.69, 9.17) is 9.47 Å². The highest BCUT2D eigenvalue weighted by molar-refractivity contribution is 6.11. The molecule has 0 saturated carbocycles. The molecule has 2 amide bonds. The molecule has 1 N–H and O–H groups in total. The van der Waals surface area contributed by atoms with E-state index in [1.54, 1.807) is 41.3 Å². The van der Waals surface area contributed by atoms with Gasteiger partial charge in [0.1, 0.15) is 5.75 Å². The lowest BCUT2D eigenvalue weighted by atomic mass is 10.1. The van der Waals surface area contributed by atoms with E-state index >= 15 is 0 Å². The Morgan fingerprint density at radius 2 is 1.79 bits per heavy atom. The van der Waals surface area contributed by atoms with Gasteiger partial charge in [-0.15, -0.1) is 0 Å². The monoisotopic (exact) mass is 382 g/mol. The van der Waals surface area contributed by atoms with Crippen molar-refractivity contribution in [3.8, 4) is 5.75 Å². The lowest BCUT2D eigenvalue weighted by Crippen LogP contribution is -2.35. The normalized spacial score (nSPS) is 13.8. The number of amides is 2. The molecule has 0 radical (unpaired) electrons. The predicted molar refractivity (Wildman–Crippen MR) is 105 cm³/mol. The Morgan fingerprint density at radius 3 is 2.46 bits per heavy atom. The van der Waals surface area contributed by atoms with Gasteiger partial charge in [-0.05, 0) is 43.2 Å². The molecule has 0 atom stereocenters. The second-order valence-corrected chi connectivity index (χ2v) is 6.38. The Bertz CT molecular complexity index is 909. The van der Waals surface area contributed by atoms with Crippen molar-refractivity contribution in [3.05, 3.63) is 53.6 Å². The van der Waals surface area contributed by atoms with Crippen LogP contribution in [0.15, 0.2) is 42.5 Å². The van der Waals surface area contributed by atoms with Gasteiger partial charge in [0, 0.05) is 18.7 Å². The molecule has 2 aromatic carbocycles. The molecule has 28 heavy (non-hydrogen) atoms. The molecule has 0 aliphatic carbocycles. The van der Waals surface area contributed by atoms with Crippen LogP contribution in [0.2, 0.25) is 0 Å². The number of nitrogens with one attached hydrogen (secondary N) is 1. The summed E-state index contributed by atoms with van der Waals surface area (Å²) in [7, 11) is 2.81. The van der Waals surface area contributed by atoms with Gasteiger partial charge in [0.2, 0.25) is 5.91 Å². The van der Waals surface area contributed by atoms with Crippen LogP contribution in [-0.2, 0) is 9.53 Å². The number of benzene rings is 2. The molecule has 0 aromatic heterocycles. The molecule has 1 saturated heterocycles. The first-order valence-corrected chi connectivity index (χ1v) is 9.02. The highest BCUT2D eigenvalue weighted by Gasteiger charge is 2.23. The van der Waals surface area contributed by atoms with Crippen molar-refractivity contribution in [2.24, 2.45) is 0 Å². The lowest BCUT2D eigenvalue weighted by molar-refractivity contribution is -0.119. The van der Waals surface area contributed by atoms with Gasteiger partial charge >= 0.3 is 5.97 Å². The molecular formula is C21H22N2O5. The number of hydrogen-bond donors (Lipinski definition) is 1. The molecule has 0 spiro atoms. The van der Waals surface area contributed by atoms with Crippen LogP contribution in [0.25, 0.3) is 0 Å². The number of ether oxygens (including phenoxy) is 2. The van der Waals surface area contributed by atoms with Crippen molar-refractivity contribution in [3.63, 3.8) is 0 Å². The molecule has 1 heterocycles. The minimum absolute atomic E-state index is 0.0315. The summed E-state index contributed by atoms with van der Waals surface area (Å²) >= 11 is 0. The Hall–Kier alpha value is -3.35. The third-order valence-electron chi connectivity index (χ3n) is 4.63. The number of carbonyl (C=O) groups excluding carboxylic acids is 3. The SMILES string of the molecule is COC(=O)c1ccccc1C(=O)Nc1ccc(OC)c(N2CCCCC2=O)c1. The van der Waals surface area contributed by atoms with Gasteiger partial charge in [-0.3, -0.25) is 9.59 Å². The maximum absolute atomic E-state index is 12.7. The van der Waals surface area contributed by atoms with E-state index in [0.717, 1.165) is 12.8 Å². The Kier molecular flexibility index (Phi) is 5.93. The number of hydrogen-bond acceptors (Lipinski definition) is 5. The number of anilines is 2. The van der Waals surface area contributed by atoms with E-state index in [1.165, 1.54) is 20.3 Å². The maximum Gasteiger partial charge on any atom is 0.338 e. The fraction of sp³-hybridized carbons (Fsp3) is 0.286. The molecule has 1 aliphatic heterocycles. The molecule has 1 aliphatic rings. The van der Waals surface area contributed by atoms with Gasteiger partial charge in [-0.2, -0.15) is 0 Å². The van der Waals surface area contributed by atoms with E-state index in [0.29, 0.717) is 30.1 Å². The van der Waals surface area contributed by atoms with E-state index in [1.807, 2.05) is 0 Å². The van der Waals surface area contributed by atoms with Crippen LogP contribution in [0.5, 0.6) is 5.75 Å². The third-order valence-corrected chi connectivity index (χ3v) is 4.63. The fourth-order valence-corrected chi connectivity index (χ4v) is 3.21. The average Bonchev–Trinajstić information content (AvgIpc) is 2.73. The summed E-state index contributed by atoms with van der Waals surface area (Å²) < 4.78 is 10.1. The zero-order chi connectivity index (χ0) is 20.1. The summed E-state index contributed by atoms with van der Waals surface area (Å²) in [5, 5.41) is 2.78. The molecular weight excluding hydrogens is 360 g/mol. The van der Waals surface area contributed by atoms with Crippen molar-refractivity contribution in [2.75, 3.05) is 31.0 Å². The second-order valence-electron chi connectivity index (χ2n) is 6.38. The molecule has 7 nitrogen and oxygen atoms in total. The molecule has 146 valence electrons. The zero-order valence-electron chi connectivity index (χ0n) is 15.9. The van der Waals surface area contributed by atoms with Gasteiger partial charge < -0.3 is 19.7 Å². The minimum atomic E-state index is -0.583. The van der Waals surface area contributed by atoms with Crippen molar-refractivity contribution < 1.29 is 23.9 Å². The predicted octanol–water partition coefficient (Wildman–Crippen LogP) is 3.25. The average molecular weight is 382 g/mol. The summed E-state index contributed by atoms with van der Waals surface area (Å²) in [6.45, 7) is 0.609. The van der Waals surface area contributed by atoms with Crippen LogP contribution in [0, 0.1) is 0 Å². The highest BCUT2D eigenvalue weighted by atomic mass is 16.5. The summed E-state index contributed by atoms with van der Waals surface area (Å²) in [4.78, 5) is 38.6. The molecule has 7 heteroatoms. The lowest BCUT2D eigenvalue weighted by Gasteiger charge is -2.28. The largest absolute Gasteiger partial charge is 0.495 e. The van der Waals surface area contributed by atoms with Crippen molar-refractivity contribution in [1.82, 2.24) is 0 Å². The van der Waals surface area contributed by atoms with Crippen LogP contribution in [0.1, 0.15) is 40.0 Å². The summed E-state index contributed by atoms with van der Waals surface area (Å²) in [5.74, 6) is -0.436. The van der Waals surface area contributed by atoms with Crippen LogP contribution >= 0.6 is 0 Å². The van der Waals surface area contributed by atoms with Crippen molar-refractivity contribution >= 4 is 29.2 Å². The second kappa shape index (κ2) is 8.56. The van der Waals surface area contributed by atoms with Crippen molar-refractivity contribution in [2.45, 2.75) is 19.3 Å². The Labute approximate surface area is 163 Å². The van der Waals surface area contributed by atoms with E-state index in [-0.39, 0.29) is 17.0 Å². The molecule has 2 aromatic rings. The summed E-state index contributed by atoms with van der Waals surface area (Å²) in [5.41, 5.74) is 1.51. The standard InChI is InChI=1S/C21H22N2O5/c1-27-18-11-10-14(13-17(18)23-12-6-5-9-19(23)24)22-20(25)15-7-3-4-8-16(15)21(26)28-2/h3-4,7-8,10-11,13H,5-6,9,12H2,1-2H3,(H,22,25). The number of esters is 1. The van der Waals surface area contributed by atoms with Crippen LogP contribution < -0.4 is 15.0 Å². The van der Waals surface area contributed by atoms with Crippen molar-refractivity contribution in [1.29, 1.82) is 0 Å². The van der Waals surface area contributed by atoms with Gasteiger partial charge in [-0.1, -0.05) is 12.1 Å². The van der Waals surface area contributed by atoms with Crippen LogP contribution in [-0.4, -0.2) is 38.5 Å². The van der Waals surface area contributed by atoms with E-state index < -0.39 is 11.9 Å². The Morgan fingerprint density at radius 1 is 1.04 bits per heavy atom. The first-order chi connectivity index (χ1) is 13.5. The first-order valence-electron chi connectivity index (χ1n) is 9.02. The topological polar surface area (TPSA) is 84.9 Å². The number of carbonyl (C=O) groups is 3. The fourth-order valence-electron chi connectivity index (χ4n) is 3.21. The quantitative estimate of drug-likeness (QED) is 0.803. The minimum Gasteiger partial charge on any atom is -0.495 e. The van der Waals surface area contributed by atoms with E-state index in [2.05, 4.69) is 5.32 Å². The number of nitrogens with zero attached hydrogens (tertiary/aromatic N) is 1. The summed E-state index contributed by atoms with van der Waals surface area (Å²) in [6.07, 6.45) is 2.28. The molecule has 0 bridgehead atoms. The smallest absolute Gasteiger partial charge is 0.338 e. The van der Waals surface area contributed by atoms with Gasteiger partial charge in [-0.25, -0.2) is 4.79 Å².